The first kappa shape index (κ1) is 25.0. The Balaban J connectivity index is 1.89. The predicted molar refractivity (Wildman–Crippen MR) is 128 cm³/mol. The molecule has 0 heterocycles. The van der Waals surface area contributed by atoms with E-state index in [0.717, 1.165) is 29.8 Å². The summed E-state index contributed by atoms with van der Waals surface area (Å²) in [6, 6.07) is 11.2. The SMILES string of the molecule is CCCCCCCNCc1cc(OCC)c(OCC(=O)Nc2ccc(C)cc2)cc1Cl. The lowest BCUT2D eigenvalue weighted by Crippen LogP contribution is -2.20. The highest BCUT2D eigenvalue weighted by molar-refractivity contribution is 6.31. The first-order chi connectivity index (χ1) is 15.0. The molecule has 0 fully saturated rings. The molecule has 31 heavy (non-hydrogen) atoms. The van der Waals surface area contributed by atoms with Gasteiger partial charge in [-0.2, -0.15) is 0 Å². The Morgan fingerprint density at radius 2 is 1.68 bits per heavy atom. The van der Waals surface area contributed by atoms with E-state index in [4.69, 9.17) is 21.1 Å². The van der Waals surface area contributed by atoms with Gasteiger partial charge in [-0.25, -0.2) is 0 Å². The first-order valence-electron chi connectivity index (χ1n) is 11.2. The molecule has 0 saturated carbocycles. The molecule has 0 aliphatic heterocycles. The molecule has 2 aromatic carbocycles. The van der Waals surface area contributed by atoms with Gasteiger partial charge >= 0.3 is 0 Å². The van der Waals surface area contributed by atoms with Crippen molar-refractivity contribution >= 4 is 23.2 Å². The molecule has 0 bridgehead atoms. The number of aryl methyl sites for hydroxylation is 1. The van der Waals surface area contributed by atoms with E-state index in [-0.39, 0.29) is 12.5 Å². The predicted octanol–water partition coefficient (Wildman–Crippen LogP) is 6.12. The quantitative estimate of drug-likeness (QED) is 0.343. The van der Waals surface area contributed by atoms with E-state index in [9.17, 15) is 4.79 Å². The van der Waals surface area contributed by atoms with Crippen molar-refractivity contribution in [2.75, 3.05) is 25.1 Å². The number of halogens is 1. The Kier molecular flexibility index (Phi) is 11.3. The van der Waals surface area contributed by atoms with Gasteiger partial charge < -0.3 is 20.1 Å². The molecule has 0 aliphatic carbocycles. The maximum Gasteiger partial charge on any atom is 0.262 e. The Morgan fingerprint density at radius 1 is 0.968 bits per heavy atom. The van der Waals surface area contributed by atoms with Crippen LogP contribution in [-0.4, -0.2) is 25.7 Å². The average molecular weight is 447 g/mol. The van der Waals surface area contributed by atoms with Crippen molar-refractivity contribution < 1.29 is 14.3 Å². The summed E-state index contributed by atoms with van der Waals surface area (Å²) < 4.78 is 11.4. The zero-order valence-corrected chi connectivity index (χ0v) is 19.7. The van der Waals surface area contributed by atoms with E-state index in [1.165, 1.54) is 25.7 Å². The van der Waals surface area contributed by atoms with Crippen LogP contribution >= 0.6 is 11.6 Å². The highest BCUT2D eigenvalue weighted by Crippen LogP contribution is 2.33. The molecule has 2 rings (SSSR count). The third kappa shape index (κ3) is 9.19. The Morgan fingerprint density at radius 3 is 2.39 bits per heavy atom. The zero-order chi connectivity index (χ0) is 22.5. The lowest BCUT2D eigenvalue weighted by molar-refractivity contribution is -0.118. The highest BCUT2D eigenvalue weighted by atomic mass is 35.5. The van der Waals surface area contributed by atoms with Crippen molar-refractivity contribution in [3.05, 3.63) is 52.5 Å². The number of benzene rings is 2. The van der Waals surface area contributed by atoms with Crippen molar-refractivity contribution in [3.63, 3.8) is 0 Å². The number of amides is 1. The van der Waals surface area contributed by atoms with Gasteiger partial charge in [-0.05, 0) is 50.6 Å². The Hall–Kier alpha value is -2.24. The molecular weight excluding hydrogens is 412 g/mol. The van der Waals surface area contributed by atoms with E-state index in [1.807, 2.05) is 44.2 Å². The molecule has 0 saturated heterocycles. The van der Waals surface area contributed by atoms with Crippen LogP contribution < -0.4 is 20.1 Å². The van der Waals surface area contributed by atoms with Crippen molar-refractivity contribution in [2.24, 2.45) is 0 Å². The summed E-state index contributed by atoms with van der Waals surface area (Å²) in [5.41, 5.74) is 2.82. The molecule has 2 aromatic rings. The third-order valence-electron chi connectivity index (χ3n) is 4.88. The van der Waals surface area contributed by atoms with Gasteiger partial charge in [0.05, 0.1) is 6.61 Å². The summed E-state index contributed by atoms with van der Waals surface area (Å²) in [5, 5.41) is 6.86. The van der Waals surface area contributed by atoms with Gasteiger partial charge in [-0.15, -0.1) is 0 Å². The molecule has 6 heteroatoms. The van der Waals surface area contributed by atoms with Crippen LogP contribution in [0.3, 0.4) is 0 Å². The van der Waals surface area contributed by atoms with Gasteiger partial charge in [-0.3, -0.25) is 4.79 Å². The van der Waals surface area contributed by atoms with Crippen LogP contribution in [0.25, 0.3) is 0 Å². The first-order valence-corrected chi connectivity index (χ1v) is 11.6. The van der Waals surface area contributed by atoms with E-state index >= 15 is 0 Å². The maximum absolute atomic E-state index is 12.2. The molecule has 0 atom stereocenters. The van der Waals surface area contributed by atoms with Crippen molar-refractivity contribution in [1.29, 1.82) is 0 Å². The number of hydrogen-bond donors (Lipinski definition) is 2. The molecule has 170 valence electrons. The molecule has 0 spiro atoms. The minimum absolute atomic E-state index is 0.125. The summed E-state index contributed by atoms with van der Waals surface area (Å²) in [7, 11) is 0. The summed E-state index contributed by atoms with van der Waals surface area (Å²) in [6.07, 6.45) is 6.25. The number of carbonyl (C=O) groups excluding carboxylic acids is 1. The van der Waals surface area contributed by atoms with E-state index in [1.54, 1.807) is 6.07 Å². The van der Waals surface area contributed by atoms with Gasteiger partial charge in [0.2, 0.25) is 0 Å². The normalized spacial score (nSPS) is 10.7. The summed E-state index contributed by atoms with van der Waals surface area (Å²) in [6.45, 7) is 8.14. The molecule has 0 aromatic heterocycles. The van der Waals surface area contributed by atoms with Gasteiger partial charge in [0, 0.05) is 23.3 Å². The number of ether oxygens (including phenoxy) is 2. The fourth-order valence-electron chi connectivity index (χ4n) is 3.15. The molecule has 0 radical (unpaired) electrons. The van der Waals surface area contributed by atoms with Gasteiger partial charge in [0.25, 0.3) is 5.91 Å². The van der Waals surface area contributed by atoms with Crippen LogP contribution in [0.15, 0.2) is 36.4 Å². The van der Waals surface area contributed by atoms with Crippen LogP contribution in [0.1, 0.15) is 57.1 Å². The molecule has 0 unspecified atom stereocenters. The molecule has 0 aliphatic rings. The van der Waals surface area contributed by atoms with Crippen molar-refractivity contribution in [2.45, 2.75) is 59.4 Å². The van der Waals surface area contributed by atoms with E-state index < -0.39 is 0 Å². The lowest BCUT2D eigenvalue weighted by atomic mass is 10.1. The molecule has 2 N–H and O–H groups in total. The van der Waals surface area contributed by atoms with E-state index in [2.05, 4.69) is 17.6 Å². The average Bonchev–Trinajstić information content (AvgIpc) is 2.75. The maximum atomic E-state index is 12.2. The standard InChI is InChI=1S/C25H35ClN2O3/c1-4-6-7-8-9-14-27-17-20-15-23(30-5-2)24(16-22(20)26)31-18-25(29)28-21-12-10-19(3)11-13-21/h10-13,15-16,27H,4-9,14,17-18H2,1-3H3,(H,28,29). The number of rotatable bonds is 14. The molecule has 5 nitrogen and oxygen atoms in total. The van der Waals surface area contributed by atoms with Gasteiger partial charge in [0.1, 0.15) is 0 Å². The fraction of sp³-hybridized carbons (Fsp3) is 0.480. The number of carbonyl (C=O) groups is 1. The monoisotopic (exact) mass is 446 g/mol. The number of nitrogens with one attached hydrogen (secondary N) is 2. The van der Waals surface area contributed by atoms with Crippen LogP contribution in [-0.2, 0) is 11.3 Å². The third-order valence-corrected chi connectivity index (χ3v) is 5.23. The lowest BCUT2D eigenvalue weighted by Gasteiger charge is -2.15. The van der Waals surface area contributed by atoms with Crippen LogP contribution in [0.4, 0.5) is 5.69 Å². The zero-order valence-electron chi connectivity index (χ0n) is 18.9. The topological polar surface area (TPSA) is 59.6 Å². The van der Waals surface area contributed by atoms with Crippen molar-refractivity contribution in [1.82, 2.24) is 5.32 Å². The molecule has 1 amide bonds. The number of hydrogen-bond acceptors (Lipinski definition) is 4. The minimum atomic E-state index is -0.240. The van der Waals surface area contributed by atoms with Gasteiger partial charge in [0.15, 0.2) is 18.1 Å². The second kappa shape index (κ2) is 13.9. The fourth-order valence-corrected chi connectivity index (χ4v) is 3.37. The largest absolute Gasteiger partial charge is 0.490 e. The summed E-state index contributed by atoms with van der Waals surface area (Å²) in [4.78, 5) is 12.2. The number of anilines is 1. The second-order valence-corrected chi connectivity index (χ2v) is 8.02. The Bertz CT molecular complexity index is 809. The van der Waals surface area contributed by atoms with E-state index in [0.29, 0.717) is 29.7 Å². The van der Waals surface area contributed by atoms with Crippen LogP contribution in [0.5, 0.6) is 11.5 Å². The van der Waals surface area contributed by atoms with Crippen LogP contribution in [0.2, 0.25) is 5.02 Å². The minimum Gasteiger partial charge on any atom is -0.490 e. The summed E-state index contributed by atoms with van der Waals surface area (Å²) >= 11 is 6.47. The highest BCUT2D eigenvalue weighted by Gasteiger charge is 2.13. The smallest absolute Gasteiger partial charge is 0.262 e. The Labute approximate surface area is 191 Å². The number of unbranched alkanes of at least 4 members (excludes halogenated alkanes) is 4. The van der Waals surface area contributed by atoms with Gasteiger partial charge in [-0.1, -0.05) is 61.9 Å². The second-order valence-electron chi connectivity index (χ2n) is 7.62. The summed E-state index contributed by atoms with van der Waals surface area (Å²) in [5.74, 6) is 0.820. The molecular formula is C25H35ClN2O3. The van der Waals surface area contributed by atoms with Crippen molar-refractivity contribution in [3.8, 4) is 11.5 Å². The van der Waals surface area contributed by atoms with Crippen LogP contribution in [0, 0.1) is 6.92 Å².